The number of amides is 3. The molecular formula is C20H16F3N3O4S. The van der Waals surface area contributed by atoms with Crippen LogP contribution in [-0.2, 0) is 22.3 Å². The van der Waals surface area contributed by atoms with Crippen molar-refractivity contribution in [1.29, 1.82) is 0 Å². The number of carbonyl (C=O) groups excluding carboxylic acids is 3. The van der Waals surface area contributed by atoms with Gasteiger partial charge in [-0.15, -0.1) is 0 Å². The highest BCUT2D eigenvalue weighted by molar-refractivity contribution is 8.18. The number of hydrogen-bond acceptors (Lipinski definition) is 5. The third-order valence-electron chi connectivity index (χ3n) is 4.25. The van der Waals surface area contributed by atoms with Gasteiger partial charge in [0.05, 0.1) is 10.5 Å². The maximum Gasteiger partial charge on any atom is 0.417 e. The van der Waals surface area contributed by atoms with Crippen molar-refractivity contribution in [3.8, 4) is 0 Å². The molecule has 7 nitrogen and oxygen atoms in total. The first-order chi connectivity index (χ1) is 14.6. The third kappa shape index (κ3) is 5.63. The second kappa shape index (κ2) is 9.21. The maximum atomic E-state index is 12.8. The first kappa shape index (κ1) is 22.3. The largest absolute Gasteiger partial charge is 0.417 e. The zero-order valence-corrected chi connectivity index (χ0v) is 16.7. The average molecular weight is 451 g/mol. The molecule has 2 aromatic rings. The van der Waals surface area contributed by atoms with E-state index in [1.165, 1.54) is 0 Å². The molecule has 1 saturated heterocycles. The number of aromatic nitrogens is 1. The van der Waals surface area contributed by atoms with E-state index in [4.69, 9.17) is 0 Å². The standard InChI is InChI=1S/C20H16F3N3O4S/c21-20(22,23)14-6-7-17(28)25(11-14)12-16(27)24-8-9-26-18(29)15(31-19(26)30)10-13-4-2-1-3-5-13/h1-7,10-11H,8-9,12H2,(H,24,27). The molecule has 3 amide bonds. The van der Waals surface area contributed by atoms with Crippen molar-refractivity contribution in [3.63, 3.8) is 0 Å². The van der Waals surface area contributed by atoms with Crippen molar-refractivity contribution in [1.82, 2.24) is 14.8 Å². The number of thioether (sulfide) groups is 1. The van der Waals surface area contributed by atoms with Gasteiger partial charge >= 0.3 is 6.18 Å². The molecule has 0 atom stereocenters. The zero-order chi connectivity index (χ0) is 22.6. The van der Waals surface area contributed by atoms with E-state index in [0.29, 0.717) is 16.8 Å². The smallest absolute Gasteiger partial charge is 0.353 e. The SMILES string of the molecule is O=C(Cn1cc(C(F)(F)F)ccc1=O)NCCN1C(=O)SC(=Cc2ccccc2)C1=O. The molecule has 11 heteroatoms. The van der Waals surface area contributed by atoms with Crippen LogP contribution in [0.1, 0.15) is 11.1 Å². The Morgan fingerprint density at radius 1 is 1.06 bits per heavy atom. The predicted octanol–water partition coefficient (Wildman–Crippen LogP) is 2.72. The Morgan fingerprint density at radius 2 is 1.77 bits per heavy atom. The minimum atomic E-state index is -4.65. The highest BCUT2D eigenvalue weighted by atomic mass is 32.2. The number of halogens is 3. The van der Waals surface area contributed by atoms with Crippen molar-refractivity contribution in [3.05, 3.63) is 75.0 Å². The number of rotatable bonds is 6. The quantitative estimate of drug-likeness (QED) is 0.683. The highest BCUT2D eigenvalue weighted by Crippen LogP contribution is 2.31. The van der Waals surface area contributed by atoms with Crippen LogP contribution in [0.3, 0.4) is 0 Å². The molecule has 2 heterocycles. The van der Waals surface area contributed by atoms with E-state index in [-0.39, 0.29) is 18.0 Å². The number of imide groups is 1. The highest BCUT2D eigenvalue weighted by Gasteiger charge is 2.34. The van der Waals surface area contributed by atoms with Gasteiger partial charge in [0.15, 0.2) is 0 Å². The van der Waals surface area contributed by atoms with E-state index in [1.807, 2.05) is 6.07 Å². The van der Waals surface area contributed by atoms with Crippen LogP contribution in [-0.4, -0.2) is 39.6 Å². The molecule has 0 radical (unpaired) electrons. The normalized spacial score (nSPS) is 15.6. The molecular weight excluding hydrogens is 435 g/mol. The van der Waals surface area contributed by atoms with Crippen LogP contribution in [0.2, 0.25) is 0 Å². The third-order valence-corrected chi connectivity index (χ3v) is 5.16. The fourth-order valence-corrected chi connectivity index (χ4v) is 3.60. The van der Waals surface area contributed by atoms with Gasteiger partial charge in [0.1, 0.15) is 6.54 Å². The molecule has 1 aromatic heterocycles. The van der Waals surface area contributed by atoms with Crippen molar-refractivity contribution >= 4 is 34.9 Å². The van der Waals surface area contributed by atoms with Crippen LogP contribution < -0.4 is 10.9 Å². The van der Waals surface area contributed by atoms with Crippen LogP contribution in [0.4, 0.5) is 18.0 Å². The lowest BCUT2D eigenvalue weighted by atomic mass is 10.2. The van der Waals surface area contributed by atoms with Crippen LogP contribution in [0, 0.1) is 0 Å². The Labute approximate surface area is 178 Å². The number of nitrogens with one attached hydrogen (secondary N) is 1. The summed E-state index contributed by atoms with van der Waals surface area (Å²) < 4.78 is 38.9. The van der Waals surface area contributed by atoms with E-state index in [1.54, 1.807) is 30.3 Å². The van der Waals surface area contributed by atoms with Gasteiger partial charge in [-0.3, -0.25) is 24.1 Å². The van der Waals surface area contributed by atoms with Crippen LogP contribution in [0.15, 0.2) is 58.4 Å². The zero-order valence-electron chi connectivity index (χ0n) is 15.9. The van der Waals surface area contributed by atoms with Gasteiger partial charge < -0.3 is 9.88 Å². The summed E-state index contributed by atoms with van der Waals surface area (Å²) in [6, 6.07) is 10.3. The van der Waals surface area contributed by atoms with E-state index < -0.39 is 40.9 Å². The molecule has 0 unspecified atom stereocenters. The number of alkyl halides is 3. The number of pyridine rings is 1. The van der Waals surface area contributed by atoms with Crippen molar-refractivity contribution in [2.45, 2.75) is 12.7 Å². The van der Waals surface area contributed by atoms with Gasteiger partial charge in [-0.05, 0) is 29.5 Å². The fraction of sp³-hybridized carbons (Fsp3) is 0.200. The monoisotopic (exact) mass is 451 g/mol. The van der Waals surface area contributed by atoms with Crippen molar-refractivity contribution < 1.29 is 27.6 Å². The molecule has 1 aliphatic rings. The second-order valence-corrected chi connectivity index (χ2v) is 7.47. The van der Waals surface area contributed by atoms with Crippen molar-refractivity contribution in [2.75, 3.05) is 13.1 Å². The molecule has 0 aliphatic carbocycles. The minimum Gasteiger partial charge on any atom is -0.353 e. The molecule has 0 saturated carbocycles. The summed E-state index contributed by atoms with van der Waals surface area (Å²) in [5, 5.41) is 1.90. The van der Waals surface area contributed by atoms with Crippen LogP contribution in [0.5, 0.6) is 0 Å². The number of carbonyl (C=O) groups is 3. The second-order valence-electron chi connectivity index (χ2n) is 6.48. The van der Waals surface area contributed by atoms with E-state index in [2.05, 4.69) is 5.32 Å². The Kier molecular flexibility index (Phi) is 6.64. The Hall–Kier alpha value is -3.34. The summed E-state index contributed by atoms with van der Waals surface area (Å²) in [5.74, 6) is -1.23. The molecule has 1 aliphatic heterocycles. The Balaban J connectivity index is 1.56. The molecule has 162 valence electrons. The molecule has 0 spiro atoms. The predicted molar refractivity (Wildman–Crippen MR) is 108 cm³/mol. The number of hydrogen-bond donors (Lipinski definition) is 1. The number of nitrogens with zero attached hydrogens (tertiary/aromatic N) is 2. The molecule has 1 N–H and O–H groups in total. The van der Waals surface area contributed by atoms with Crippen LogP contribution >= 0.6 is 11.8 Å². The first-order valence-corrected chi connectivity index (χ1v) is 9.81. The minimum absolute atomic E-state index is 0.108. The van der Waals surface area contributed by atoms with Gasteiger partial charge in [-0.25, -0.2) is 0 Å². The Morgan fingerprint density at radius 3 is 2.45 bits per heavy atom. The van der Waals surface area contributed by atoms with E-state index in [0.717, 1.165) is 28.3 Å². The lowest BCUT2D eigenvalue weighted by Gasteiger charge is -2.14. The van der Waals surface area contributed by atoms with Gasteiger partial charge in [0.2, 0.25) is 5.91 Å². The summed E-state index contributed by atoms with van der Waals surface area (Å²) in [6.07, 6.45) is -2.50. The van der Waals surface area contributed by atoms with E-state index >= 15 is 0 Å². The molecule has 1 fully saturated rings. The van der Waals surface area contributed by atoms with Gasteiger partial charge in [-0.2, -0.15) is 13.2 Å². The summed E-state index contributed by atoms with van der Waals surface area (Å²) >= 11 is 0.778. The molecule has 3 rings (SSSR count). The van der Waals surface area contributed by atoms with Crippen molar-refractivity contribution in [2.24, 2.45) is 0 Å². The molecule has 0 bridgehead atoms. The summed E-state index contributed by atoms with van der Waals surface area (Å²) in [4.78, 5) is 49.4. The van der Waals surface area contributed by atoms with Gasteiger partial charge in [0, 0.05) is 25.4 Å². The first-order valence-electron chi connectivity index (χ1n) is 9.00. The summed E-state index contributed by atoms with van der Waals surface area (Å²) in [7, 11) is 0. The van der Waals surface area contributed by atoms with Gasteiger partial charge in [-0.1, -0.05) is 30.3 Å². The average Bonchev–Trinajstić information content (AvgIpc) is 2.97. The fourth-order valence-electron chi connectivity index (χ4n) is 2.73. The maximum absolute atomic E-state index is 12.8. The summed E-state index contributed by atoms with van der Waals surface area (Å²) in [6.45, 7) is -0.845. The lowest BCUT2D eigenvalue weighted by Crippen LogP contribution is -2.39. The van der Waals surface area contributed by atoms with E-state index in [9.17, 15) is 32.3 Å². The Bertz CT molecular complexity index is 1100. The summed E-state index contributed by atoms with van der Waals surface area (Å²) in [5.41, 5.74) is -1.06. The topological polar surface area (TPSA) is 88.5 Å². The molecule has 1 aromatic carbocycles. The van der Waals surface area contributed by atoms with Gasteiger partial charge in [0.25, 0.3) is 16.7 Å². The molecule has 31 heavy (non-hydrogen) atoms. The van der Waals surface area contributed by atoms with Crippen LogP contribution in [0.25, 0.3) is 6.08 Å². The lowest BCUT2D eigenvalue weighted by molar-refractivity contribution is -0.138. The number of benzene rings is 1.